The summed E-state index contributed by atoms with van der Waals surface area (Å²) in [6.45, 7) is 2.07. The van der Waals surface area contributed by atoms with Gasteiger partial charge in [-0.1, -0.05) is 72.8 Å². The van der Waals surface area contributed by atoms with Gasteiger partial charge in [-0.2, -0.15) is 0 Å². The van der Waals surface area contributed by atoms with Crippen LogP contribution in [0.25, 0.3) is 21.9 Å². The van der Waals surface area contributed by atoms with E-state index in [1.807, 2.05) is 24.3 Å². The van der Waals surface area contributed by atoms with Gasteiger partial charge in [-0.05, 0) is 30.0 Å². The van der Waals surface area contributed by atoms with Gasteiger partial charge in [0.15, 0.2) is 0 Å². The lowest BCUT2D eigenvalue weighted by atomic mass is 9.97. The third-order valence-electron chi connectivity index (χ3n) is 4.19. The second-order valence-electron chi connectivity index (χ2n) is 5.82. The Morgan fingerprint density at radius 2 is 1.25 bits per heavy atom. The predicted molar refractivity (Wildman–Crippen MR) is 102 cm³/mol. The van der Waals surface area contributed by atoms with Crippen LogP contribution in [0.2, 0.25) is 0 Å². The summed E-state index contributed by atoms with van der Waals surface area (Å²) in [5, 5.41) is 5.80. The highest BCUT2D eigenvalue weighted by Gasteiger charge is 2.12. The lowest BCUT2D eigenvalue weighted by Crippen LogP contribution is -1.99. The normalized spacial score (nSPS) is 10.7. The monoisotopic (exact) mass is 310 g/mol. The van der Waals surface area contributed by atoms with Crippen molar-refractivity contribution in [1.29, 1.82) is 0 Å². The highest BCUT2D eigenvalue weighted by Crippen LogP contribution is 2.35. The van der Waals surface area contributed by atoms with Crippen molar-refractivity contribution >= 4 is 22.3 Å². The Labute approximate surface area is 141 Å². The molecule has 0 atom stereocenters. The van der Waals surface area contributed by atoms with Gasteiger partial charge >= 0.3 is 0 Å². The van der Waals surface area contributed by atoms with Crippen LogP contribution in [0, 0.1) is 6.92 Å². The molecule has 0 spiro atoms. The molecule has 0 fully saturated rings. The number of hydrogen-bond acceptors (Lipinski definition) is 2. The fraction of sp³-hybridized carbons (Fsp3) is 0.0455. The van der Waals surface area contributed by atoms with Gasteiger partial charge < -0.3 is 5.32 Å². The number of anilines is 2. The molecule has 0 saturated carbocycles. The summed E-state index contributed by atoms with van der Waals surface area (Å²) in [5.74, 6) is 0.897. The number of benzene rings is 3. The van der Waals surface area contributed by atoms with Crippen molar-refractivity contribution in [2.75, 3.05) is 5.32 Å². The maximum Gasteiger partial charge on any atom is 0.138 e. The summed E-state index contributed by atoms with van der Waals surface area (Å²) in [6.07, 6.45) is 0. The molecule has 0 saturated heterocycles. The van der Waals surface area contributed by atoms with E-state index < -0.39 is 0 Å². The average Bonchev–Trinajstić information content (AvgIpc) is 2.63. The second-order valence-corrected chi connectivity index (χ2v) is 5.82. The van der Waals surface area contributed by atoms with Crippen LogP contribution < -0.4 is 5.32 Å². The maximum absolute atomic E-state index is 4.86. The summed E-state index contributed by atoms with van der Waals surface area (Å²) >= 11 is 0. The molecule has 0 bridgehead atoms. The average molecular weight is 310 g/mol. The molecule has 3 aromatic carbocycles. The minimum absolute atomic E-state index is 0.897. The molecule has 24 heavy (non-hydrogen) atoms. The third-order valence-corrected chi connectivity index (χ3v) is 4.19. The van der Waals surface area contributed by atoms with Crippen molar-refractivity contribution in [3.63, 3.8) is 0 Å². The Kier molecular flexibility index (Phi) is 3.72. The first kappa shape index (κ1) is 14.5. The quantitative estimate of drug-likeness (QED) is 0.505. The van der Waals surface area contributed by atoms with E-state index in [4.69, 9.17) is 4.98 Å². The second kappa shape index (κ2) is 6.17. The first-order valence-electron chi connectivity index (χ1n) is 8.10. The molecule has 0 aliphatic heterocycles. The van der Waals surface area contributed by atoms with Gasteiger partial charge in [0.1, 0.15) is 5.82 Å². The standard InChI is InChI=1S/C22H18N2/c1-16-21(17-10-4-2-5-11-17)19-14-8-9-15-20(19)22(23-16)24-18-12-6-3-7-13-18/h2-15H,1H3,(H,23,24). The Balaban J connectivity index is 1.92. The predicted octanol–water partition coefficient (Wildman–Crippen LogP) is 5.95. The van der Waals surface area contributed by atoms with Crippen molar-refractivity contribution in [3.05, 3.63) is 90.6 Å². The number of nitrogens with zero attached hydrogens (tertiary/aromatic N) is 1. The molecule has 1 heterocycles. The highest BCUT2D eigenvalue weighted by atomic mass is 15.0. The molecule has 0 aliphatic rings. The molecule has 4 rings (SSSR count). The van der Waals surface area contributed by atoms with Crippen molar-refractivity contribution in [2.24, 2.45) is 0 Å². The van der Waals surface area contributed by atoms with Crippen LogP contribution >= 0.6 is 0 Å². The molecule has 2 heteroatoms. The molecule has 2 nitrogen and oxygen atoms in total. The van der Waals surface area contributed by atoms with Crippen molar-refractivity contribution < 1.29 is 0 Å². The fourth-order valence-corrected chi connectivity index (χ4v) is 3.11. The highest BCUT2D eigenvalue weighted by molar-refractivity contribution is 6.03. The zero-order valence-corrected chi connectivity index (χ0v) is 13.5. The van der Waals surface area contributed by atoms with Gasteiger partial charge in [0.25, 0.3) is 0 Å². The molecule has 1 N–H and O–H groups in total. The van der Waals surface area contributed by atoms with E-state index >= 15 is 0 Å². The fourth-order valence-electron chi connectivity index (χ4n) is 3.11. The van der Waals surface area contributed by atoms with Gasteiger partial charge in [0.2, 0.25) is 0 Å². The molecule has 0 amide bonds. The summed E-state index contributed by atoms with van der Waals surface area (Å²) < 4.78 is 0. The minimum Gasteiger partial charge on any atom is -0.340 e. The topological polar surface area (TPSA) is 24.9 Å². The number of hydrogen-bond donors (Lipinski definition) is 1. The molecule has 0 unspecified atom stereocenters. The minimum atomic E-state index is 0.897. The van der Waals surface area contributed by atoms with Crippen LogP contribution in [0.4, 0.5) is 11.5 Å². The third kappa shape index (κ3) is 2.63. The first-order chi connectivity index (χ1) is 11.8. The van der Waals surface area contributed by atoms with E-state index in [2.05, 4.69) is 72.9 Å². The largest absolute Gasteiger partial charge is 0.340 e. The molecule has 0 radical (unpaired) electrons. The van der Waals surface area contributed by atoms with E-state index in [1.165, 1.54) is 16.5 Å². The smallest absolute Gasteiger partial charge is 0.138 e. The van der Waals surface area contributed by atoms with Crippen LogP contribution in [0.3, 0.4) is 0 Å². The number of rotatable bonds is 3. The van der Waals surface area contributed by atoms with Gasteiger partial charge in [-0.15, -0.1) is 0 Å². The first-order valence-corrected chi connectivity index (χ1v) is 8.10. The number of nitrogens with one attached hydrogen (secondary N) is 1. The Hall–Kier alpha value is -3.13. The number of aromatic nitrogens is 1. The van der Waals surface area contributed by atoms with E-state index in [1.54, 1.807) is 0 Å². The zero-order chi connectivity index (χ0) is 16.4. The van der Waals surface area contributed by atoms with Gasteiger partial charge in [-0.3, -0.25) is 0 Å². The van der Waals surface area contributed by atoms with Crippen LogP contribution in [0.15, 0.2) is 84.9 Å². The number of fused-ring (bicyclic) bond motifs is 1. The van der Waals surface area contributed by atoms with E-state index in [-0.39, 0.29) is 0 Å². The van der Waals surface area contributed by atoms with Gasteiger partial charge in [0, 0.05) is 22.3 Å². The zero-order valence-electron chi connectivity index (χ0n) is 13.5. The van der Waals surface area contributed by atoms with Crippen LogP contribution in [0.5, 0.6) is 0 Å². The molecular weight excluding hydrogens is 292 g/mol. The van der Waals surface area contributed by atoms with Crippen molar-refractivity contribution in [3.8, 4) is 11.1 Å². The van der Waals surface area contributed by atoms with Crippen LogP contribution in [-0.4, -0.2) is 4.98 Å². The van der Waals surface area contributed by atoms with E-state index in [0.29, 0.717) is 0 Å². The van der Waals surface area contributed by atoms with Crippen LogP contribution in [-0.2, 0) is 0 Å². The Morgan fingerprint density at radius 1 is 0.667 bits per heavy atom. The summed E-state index contributed by atoms with van der Waals surface area (Å²) in [4.78, 5) is 4.86. The number of aryl methyl sites for hydroxylation is 1. The molecule has 116 valence electrons. The Morgan fingerprint density at radius 3 is 1.96 bits per heavy atom. The lowest BCUT2D eigenvalue weighted by molar-refractivity contribution is 1.22. The van der Waals surface area contributed by atoms with Gasteiger partial charge in [-0.25, -0.2) is 4.98 Å². The van der Waals surface area contributed by atoms with E-state index in [0.717, 1.165) is 22.6 Å². The molecule has 0 aliphatic carbocycles. The lowest BCUT2D eigenvalue weighted by Gasteiger charge is -2.15. The summed E-state index contributed by atoms with van der Waals surface area (Å²) in [6, 6.07) is 29.1. The summed E-state index contributed by atoms with van der Waals surface area (Å²) in [5.41, 5.74) is 4.47. The summed E-state index contributed by atoms with van der Waals surface area (Å²) in [7, 11) is 0. The van der Waals surface area contributed by atoms with Crippen molar-refractivity contribution in [1.82, 2.24) is 4.98 Å². The van der Waals surface area contributed by atoms with Gasteiger partial charge in [0.05, 0.1) is 0 Å². The number of pyridine rings is 1. The Bertz CT molecular complexity index is 977. The van der Waals surface area contributed by atoms with E-state index in [9.17, 15) is 0 Å². The van der Waals surface area contributed by atoms with Crippen LogP contribution in [0.1, 0.15) is 5.69 Å². The number of para-hydroxylation sites is 1. The van der Waals surface area contributed by atoms with Crippen molar-refractivity contribution in [2.45, 2.75) is 6.92 Å². The molecule has 1 aromatic heterocycles. The molecular formula is C22H18N2. The maximum atomic E-state index is 4.86. The SMILES string of the molecule is Cc1nc(Nc2ccccc2)c2ccccc2c1-c1ccccc1. The molecule has 4 aromatic rings.